The molecule has 2 aromatic rings. The lowest BCUT2D eigenvalue weighted by atomic mass is 10.2. The van der Waals surface area contributed by atoms with Crippen LogP contribution in [0.4, 0.5) is 5.82 Å². The summed E-state index contributed by atoms with van der Waals surface area (Å²) in [4.78, 5) is 26.2. The maximum atomic E-state index is 12.6. The van der Waals surface area contributed by atoms with E-state index in [0.29, 0.717) is 12.6 Å². The van der Waals surface area contributed by atoms with Crippen LogP contribution in [0.1, 0.15) is 32.1 Å². The molecule has 0 saturated heterocycles. The molecule has 0 atom stereocenters. The van der Waals surface area contributed by atoms with Crippen LogP contribution in [0.5, 0.6) is 0 Å². The van der Waals surface area contributed by atoms with E-state index in [1.807, 2.05) is 40.7 Å². The van der Waals surface area contributed by atoms with Crippen molar-refractivity contribution in [3.63, 3.8) is 0 Å². The Hall–Kier alpha value is -2.57. The Bertz CT molecular complexity index is 802. The van der Waals surface area contributed by atoms with E-state index in [1.165, 1.54) is 0 Å². The van der Waals surface area contributed by atoms with Gasteiger partial charge in [0.1, 0.15) is 11.5 Å². The quantitative estimate of drug-likeness (QED) is 0.899. The minimum atomic E-state index is -0.0223. The van der Waals surface area contributed by atoms with Gasteiger partial charge in [-0.1, -0.05) is 0 Å². The van der Waals surface area contributed by atoms with Crippen molar-refractivity contribution in [2.75, 3.05) is 11.4 Å². The van der Waals surface area contributed by atoms with Gasteiger partial charge in [0, 0.05) is 51.3 Å². The third-order valence-corrected chi connectivity index (χ3v) is 4.80. The minimum Gasteiger partial charge on any atom is -0.353 e. The van der Waals surface area contributed by atoms with E-state index in [9.17, 15) is 9.59 Å². The largest absolute Gasteiger partial charge is 0.353 e. The number of hydrogen-bond acceptors (Lipinski definition) is 3. The third kappa shape index (κ3) is 3.31. The molecule has 0 unspecified atom stereocenters. The van der Waals surface area contributed by atoms with E-state index in [2.05, 4.69) is 10.4 Å². The zero-order chi connectivity index (χ0) is 17.4. The van der Waals surface area contributed by atoms with E-state index in [1.54, 1.807) is 4.90 Å². The topological polar surface area (TPSA) is 72.2 Å². The Kier molecular flexibility index (Phi) is 4.07. The first-order valence-electron chi connectivity index (χ1n) is 8.91. The number of nitrogens with one attached hydrogen (secondary N) is 1. The van der Waals surface area contributed by atoms with Gasteiger partial charge in [-0.25, -0.2) is 4.68 Å². The molecule has 132 valence electrons. The molecule has 1 aliphatic heterocycles. The van der Waals surface area contributed by atoms with Crippen molar-refractivity contribution in [2.24, 2.45) is 7.05 Å². The molecule has 1 saturated carbocycles. The highest BCUT2D eigenvalue weighted by molar-refractivity contribution is 5.95. The van der Waals surface area contributed by atoms with Gasteiger partial charge in [-0.2, -0.15) is 5.10 Å². The summed E-state index contributed by atoms with van der Waals surface area (Å²) >= 11 is 0. The fraction of sp³-hybridized carbons (Fsp3) is 0.500. The van der Waals surface area contributed by atoms with Crippen molar-refractivity contribution in [3.8, 4) is 11.4 Å². The molecule has 25 heavy (non-hydrogen) atoms. The molecule has 2 amide bonds. The summed E-state index contributed by atoms with van der Waals surface area (Å²) in [6.07, 6.45) is 5.48. The Balaban J connectivity index is 1.47. The Labute approximate surface area is 146 Å². The van der Waals surface area contributed by atoms with Crippen molar-refractivity contribution in [1.29, 1.82) is 0 Å². The Morgan fingerprint density at radius 3 is 2.84 bits per heavy atom. The van der Waals surface area contributed by atoms with E-state index in [-0.39, 0.29) is 24.7 Å². The highest BCUT2D eigenvalue weighted by Gasteiger charge is 2.27. The summed E-state index contributed by atoms with van der Waals surface area (Å²) in [7, 11) is 1.98. The highest BCUT2D eigenvalue weighted by atomic mass is 16.2. The van der Waals surface area contributed by atoms with Gasteiger partial charge in [0.25, 0.3) is 0 Å². The van der Waals surface area contributed by atoms with Gasteiger partial charge >= 0.3 is 0 Å². The average Bonchev–Trinajstić information content (AvgIpc) is 3.13. The number of amides is 2. The third-order valence-electron chi connectivity index (χ3n) is 4.80. The number of anilines is 1. The number of carbonyl (C=O) groups is 2. The van der Waals surface area contributed by atoms with Gasteiger partial charge in [-0.05, 0) is 31.4 Å². The molecule has 2 aromatic heterocycles. The van der Waals surface area contributed by atoms with Gasteiger partial charge < -0.3 is 9.88 Å². The maximum Gasteiger partial charge on any atom is 0.228 e. The molecule has 2 aliphatic rings. The Morgan fingerprint density at radius 1 is 1.28 bits per heavy atom. The lowest BCUT2D eigenvalue weighted by Gasteiger charge is -2.27. The molecule has 7 nitrogen and oxygen atoms in total. The monoisotopic (exact) mass is 341 g/mol. The molecule has 0 bridgehead atoms. The molecule has 7 heteroatoms. The number of hydrogen-bond donors (Lipinski definition) is 1. The second kappa shape index (κ2) is 6.38. The first-order chi connectivity index (χ1) is 12.1. The molecular formula is C18H23N5O2. The van der Waals surface area contributed by atoms with Crippen LogP contribution in [-0.2, 0) is 23.2 Å². The number of fused-ring (bicyclic) bond motifs is 1. The number of aromatic nitrogens is 3. The normalized spacial score (nSPS) is 16.6. The predicted molar refractivity (Wildman–Crippen MR) is 94.0 cm³/mol. The van der Waals surface area contributed by atoms with E-state index in [0.717, 1.165) is 43.0 Å². The van der Waals surface area contributed by atoms with Crippen LogP contribution >= 0.6 is 0 Å². The number of rotatable bonds is 5. The van der Waals surface area contributed by atoms with Gasteiger partial charge in [-0.3, -0.25) is 14.5 Å². The van der Waals surface area contributed by atoms with Gasteiger partial charge in [0.15, 0.2) is 0 Å². The molecule has 0 aromatic carbocycles. The number of aryl methyl sites for hydroxylation is 2. The van der Waals surface area contributed by atoms with Gasteiger partial charge in [0.2, 0.25) is 11.8 Å². The molecule has 4 rings (SSSR count). The number of carbonyl (C=O) groups excluding carboxylic acids is 2. The number of nitrogens with zero attached hydrogens (tertiary/aromatic N) is 4. The average molecular weight is 341 g/mol. The molecule has 0 spiro atoms. The summed E-state index contributed by atoms with van der Waals surface area (Å²) in [6, 6.07) is 6.31. The Morgan fingerprint density at radius 2 is 2.12 bits per heavy atom. The fourth-order valence-corrected chi connectivity index (χ4v) is 3.27. The molecule has 1 aliphatic carbocycles. The standard InChI is InChI=1S/C18H23N5O2/c1-21-9-2-4-15(21)14-12-17-22(10-3-11-23(17)20-14)18(25)8-7-16(24)19-13-5-6-13/h2,4,9,12-13H,3,5-8,10-11H2,1H3,(H,19,24). The van der Waals surface area contributed by atoms with Crippen molar-refractivity contribution < 1.29 is 9.59 Å². The lowest BCUT2D eigenvalue weighted by Crippen LogP contribution is -2.38. The second-order valence-electron chi connectivity index (χ2n) is 6.86. The van der Waals surface area contributed by atoms with E-state index >= 15 is 0 Å². The fourth-order valence-electron chi connectivity index (χ4n) is 3.27. The second-order valence-corrected chi connectivity index (χ2v) is 6.86. The summed E-state index contributed by atoms with van der Waals surface area (Å²) in [6.45, 7) is 1.49. The van der Waals surface area contributed by atoms with Crippen molar-refractivity contribution in [2.45, 2.75) is 44.7 Å². The summed E-state index contributed by atoms with van der Waals surface area (Å²) < 4.78 is 3.91. The van der Waals surface area contributed by atoms with Gasteiger partial charge in [-0.15, -0.1) is 0 Å². The minimum absolute atomic E-state index is 0.00905. The van der Waals surface area contributed by atoms with Crippen molar-refractivity contribution in [1.82, 2.24) is 19.7 Å². The highest BCUT2D eigenvalue weighted by Crippen LogP contribution is 2.28. The van der Waals surface area contributed by atoms with Crippen LogP contribution < -0.4 is 10.2 Å². The van der Waals surface area contributed by atoms with Crippen LogP contribution in [0.25, 0.3) is 11.4 Å². The lowest BCUT2D eigenvalue weighted by molar-refractivity contribution is -0.125. The smallest absolute Gasteiger partial charge is 0.228 e. The van der Waals surface area contributed by atoms with Crippen LogP contribution in [0.2, 0.25) is 0 Å². The summed E-state index contributed by atoms with van der Waals surface area (Å²) in [5.41, 5.74) is 1.90. The van der Waals surface area contributed by atoms with Crippen LogP contribution in [0, 0.1) is 0 Å². The first-order valence-corrected chi connectivity index (χ1v) is 8.91. The maximum absolute atomic E-state index is 12.6. The molecular weight excluding hydrogens is 318 g/mol. The predicted octanol–water partition coefficient (Wildman–Crippen LogP) is 1.68. The summed E-state index contributed by atoms with van der Waals surface area (Å²) in [5, 5.41) is 7.58. The van der Waals surface area contributed by atoms with Crippen LogP contribution in [-0.4, -0.2) is 38.7 Å². The summed E-state index contributed by atoms with van der Waals surface area (Å²) in [5.74, 6) is 0.797. The van der Waals surface area contributed by atoms with Crippen LogP contribution in [0.3, 0.4) is 0 Å². The molecule has 1 N–H and O–H groups in total. The van der Waals surface area contributed by atoms with E-state index in [4.69, 9.17) is 0 Å². The van der Waals surface area contributed by atoms with Crippen LogP contribution in [0.15, 0.2) is 24.4 Å². The zero-order valence-electron chi connectivity index (χ0n) is 14.4. The first kappa shape index (κ1) is 15.9. The van der Waals surface area contributed by atoms with Crippen molar-refractivity contribution >= 4 is 17.6 Å². The van der Waals surface area contributed by atoms with E-state index < -0.39 is 0 Å². The van der Waals surface area contributed by atoms with Crippen molar-refractivity contribution in [3.05, 3.63) is 24.4 Å². The SMILES string of the molecule is Cn1cccc1-c1cc2n(n1)CCCN2C(=O)CCC(=O)NC1CC1. The van der Waals surface area contributed by atoms with Gasteiger partial charge in [0.05, 0.1) is 5.69 Å². The molecule has 0 radical (unpaired) electrons. The molecule has 1 fully saturated rings. The molecule has 3 heterocycles. The zero-order valence-corrected chi connectivity index (χ0v) is 14.4.